The van der Waals surface area contributed by atoms with E-state index >= 15 is 0 Å². The number of carbonyl (C=O) groups excluding carboxylic acids is 1. The summed E-state index contributed by atoms with van der Waals surface area (Å²) in [5.74, 6) is 0.137. The Kier molecular flexibility index (Phi) is 6.81. The zero-order chi connectivity index (χ0) is 16.7. The molecule has 0 spiro atoms. The molecule has 1 aromatic rings. The summed E-state index contributed by atoms with van der Waals surface area (Å²) in [4.78, 5) is 16.8. The number of piperazine rings is 1. The summed E-state index contributed by atoms with van der Waals surface area (Å²) in [7, 11) is 0. The zero-order valence-electron chi connectivity index (χ0n) is 14.5. The van der Waals surface area contributed by atoms with Gasteiger partial charge in [-0.3, -0.25) is 14.6 Å². The first-order chi connectivity index (χ1) is 11.1. The minimum Gasteiger partial charge on any atom is -0.353 e. The standard InChI is InChI=1S/C19H29N3O/c1-16(2)20-19(23)17(3)22-14-12-21(13-15-22)11-7-10-18-8-5-4-6-9-18/h4-10,16-17H,11-15H2,1-3H3,(H,20,23)/b10-7+/t17-/m0/s1. The predicted octanol–water partition coefficient (Wildman–Crippen LogP) is 2.23. The largest absolute Gasteiger partial charge is 0.353 e. The average Bonchev–Trinajstić information content (AvgIpc) is 2.55. The van der Waals surface area contributed by atoms with Crippen molar-refractivity contribution >= 4 is 12.0 Å². The Bertz CT molecular complexity index is 505. The second kappa shape index (κ2) is 8.85. The lowest BCUT2D eigenvalue weighted by Gasteiger charge is -2.37. The molecule has 0 radical (unpaired) electrons. The Morgan fingerprint density at radius 1 is 1.13 bits per heavy atom. The van der Waals surface area contributed by atoms with Crippen LogP contribution >= 0.6 is 0 Å². The third kappa shape index (κ3) is 5.81. The van der Waals surface area contributed by atoms with Crippen LogP contribution in [0.5, 0.6) is 0 Å². The minimum atomic E-state index is -0.0422. The van der Waals surface area contributed by atoms with Gasteiger partial charge in [0.25, 0.3) is 0 Å². The highest BCUT2D eigenvalue weighted by atomic mass is 16.2. The van der Waals surface area contributed by atoms with Crippen LogP contribution in [0.25, 0.3) is 6.08 Å². The van der Waals surface area contributed by atoms with Crippen molar-refractivity contribution in [2.24, 2.45) is 0 Å². The number of rotatable bonds is 6. The Hall–Kier alpha value is -1.65. The molecular weight excluding hydrogens is 286 g/mol. The van der Waals surface area contributed by atoms with Crippen LogP contribution in [0.3, 0.4) is 0 Å². The maximum atomic E-state index is 12.1. The summed E-state index contributed by atoms with van der Waals surface area (Å²) < 4.78 is 0. The maximum absolute atomic E-state index is 12.1. The minimum absolute atomic E-state index is 0.0422. The molecular formula is C19H29N3O. The van der Waals surface area contributed by atoms with Crippen molar-refractivity contribution in [3.63, 3.8) is 0 Å². The number of benzene rings is 1. The van der Waals surface area contributed by atoms with E-state index in [-0.39, 0.29) is 18.0 Å². The number of nitrogens with one attached hydrogen (secondary N) is 1. The Balaban J connectivity index is 1.73. The monoisotopic (exact) mass is 315 g/mol. The van der Waals surface area contributed by atoms with Crippen molar-refractivity contribution < 1.29 is 4.79 Å². The number of amides is 1. The third-order valence-electron chi connectivity index (χ3n) is 4.24. The number of carbonyl (C=O) groups is 1. The van der Waals surface area contributed by atoms with Crippen molar-refractivity contribution in [1.82, 2.24) is 15.1 Å². The van der Waals surface area contributed by atoms with Crippen LogP contribution in [-0.4, -0.2) is 60.5 Å². The Morgan fingerprint density at radius 3 is 2.39 bits per heavy atom. The molecule has 23 heavy (non-hydrogen) atoms. The average molecular weight is 315 g/mol. The fourth-order valence-electron chi connectivity index (χ4n) is 2.81. The molecule has 1 saturated heterocycles. The summed E-state index contributed by atoms with van der Waals surface area (Å²) in [6.07, 6.45) is 4.39. The molecule has 1 heterocycles. The number of hydrogen-bond donors (Lipinski definition) is 1. The molecule has 4 nitrogen and oxygen atoms in total. The highest BCUT2D eigenvalue weighted by Crippen LogP contribution is 2.08. The summed E-state index contributed by atoms with van der Waals surface area (Å²) in [5, 5.41) is 3.00. The summed E-state index contributed by atoms with van der Waals surface area (Å²) >= 11 is 0. The van der Waals surface area contributed by atoms with E-state index in [4.69, 9.17) is 0 Å². The maximum Gasteiger partial charge on any atom is 0.237 e. The van der Waals surface area contributed by atoms with Gasteiger partial charge in [-0.2, -0.15) is 0 Å². The molecule has 0 saturated carbocycles. The van der Waals surface area contributed by atoms with Gasteiger partial charge in [0.05, 0.1) is 6.04 Å². The van der Waals surface area contributed by atoms with E-state index in [9.17, 15) is 4.79 Å². The fourth-order valence-corrected chi connectivity index (χ4v) is 2.81. The highest BCUT2D eigenvalue weighted by molar-refractivity contribution is 5.81. The van der Waals surface area contributed by atoms with Crippen molar-refractivity contribution in [2.45, 2.75) is 32.9 Å². The van der Waals surface area contributed by atoms with E-state index in [1.807, 2.05) is 26.8 Å². The molecule has 1 aliphatic heterocycles. The van der Waals surface area contributed by atoms with Crippen molar-refractivity contribution in [3.05, 3.63) is 42.0 Å². The van der Waals surface area contributed by atoms with Crippen molar-refractivity contribution in [2.75, 3.05) is 32.7 Å². The van der Waals surface area contributed by atoms with Gasteiger partial charge < -0.3 is 5.32 Å². The van der Waals surface area contributed by atoms with Gasteiger partial charge >= 0.3 is 0 Å². The Morgan fingerprint density at radius 2 is 1.78 bits per heavy atom. The first-order valence-electron chi connectivity index (χ1n) is 8.54. The van der Waals surface area contributed by atoms with Gasteiger partial charge in [0.2, 0.25) is 5.91 Å². The predicted molar refractivity (Wildman–Crippen MR) is 96.2 cm³/mol. The van der Waals surface area contributed by atoms with Gasteiger partial charge in [-0.05, 0) is 26.3 Å². The first-order valence-corrected chi connectivity index (χ1v) is 8.54. The molecule has 0 unspecified atom stereocenters. The van der Waals surface area contributed by atoms with Gasteiger partial charge in [0, 0.05) is 38.8 Å². The van der Waals surface area contributed by atoms with Crippen molar-refractivity contribution in [1.29, 1.82) is 0 Å². The summed E-state index contributed by atoms with van der Waals surface area (Å²) in [6, 6.07) is 10.5. The van der Waals surface area contributed by atoms with E-state index in [0.29, 0.717) is 0 Å². The van der Waals surface area contributed by atoms with Crippen LogP contribution < -0.4 is 5.32 Å². The van der Waals surface area contributed by atoms with Crippen LogP contribution in [0.1, 0.15) is 26.3 Å². The molecule has 0 aromatic heterocycles. The fraction of sp³-hybridized carbons (Fsp3) is 0.526. The highest BCUT2D eigenvalue weighted by Gasteiger charge is 2.25. The quantitative estimate of drug-likeness (QED) is 0.874. The van der Waals surface area contributed by atoms with E-state index in [0.717, 1.165) is 32.7 Å². The lowest BCUT2D eigenvalue weighted by atomic mass is 10.2. The number of nitrogens with zero attached hydrogens (tertiary/aromatic N) is 2. The first kappa shape index (κ1) is 17.7. The molecule has 1 amide bonds. The molecule has 1 N–H and O–H groups in total. The third-order valence-corrected chi connectivity index (χ3v) is 4.24. The van der Waals surface area contributed by atoms with Crippen molar-refractivity contribution in [3.8, 4) is 0 Å². The second-order valence-corrected chi connectivity index (χ2v) is 6.49. The SMILES string of the molecule is CC(C)NC(=O)[C@H](C)N1CCN(C/C=C/c2ccccc2)CC1. The zero-order valence-corrected chi connectivity index (χ0v) is 14.5. The van der Waals surface area contributed by atoms with Crippen LogP contribution in [0.2, 0.25) is 0 Å². The topological polar surface area (TPSA) is 35.6 Å². The van der Waals surface area contributed by atoms with E-state index < -0.39 is 0 Å². The Labute approximate surface area is 140 Å². The lowest BCUT2D eigenvalue weighted by Crippen LogP contribution is -2.54. The van der Waals surface area contributed by atoms with Crippen LogP contribution in [0.15, 0.2) is 36.4 Å². The van der Waals surface area contributed by atoms with Gasteiger partial charge in [-0.1, -0.05) is 42.5 Å². The number of hydrogen-bond acceptors (Lipinski definition) is 3. The van der Waals surface area contributed by atoms with Crippen LogP contribution in [0, 0.1) is 0 Å². The molecule has 1 aromatic carbocycles. The van der Waals surface area contributed by atoms with E-state index in [2.05, 4.69) is 51.5 Å². The molecule has 126 valence electrons. The smallest absolute Gasteiger partial charge is 0.237 e. The van der Waals surface area contributed by atoms with E-state index in [1.54, 1.807) is 0 Å². The summed E-state index contributed by atoms with van der Waals surface area (Å²) in [6.45, 7) is 10.9. The van der Waals surface area contributed by atoms with Gasteiger partial charge in [-0.15, -0.1) is 0 Å². The molecule has 1 fully saturated rings. The van der Waals surface area contributed by atoms with E-state index in [1.165, 1.54) is 5.56 Å². The summed E-state index contributed by atoms with van der Waals surface area (Å²) in [5.41, 5.74) is 1.24. The molecule has 0 aliphatic carbocycles. The van der Waals surface area contributed by atoms with Crippen LogP contribution in [0.4, 0.5) is 0 Å². The lowest BCUT2D eigenvalue weighted by molar-refractivity contribution is -0.127. The molecule has 0 bridgehead atoms. The van der Waals surface area contributed by atoms with Crippen LogP contribution in [-0.2, 0) is 4.79 Å². The second-order valence-electron chi connectivity index (χ2n) is 6.49. The molecule has 2 rings (SSSR count). The van der Waals surface area contributed by atoms with Gasteiger partial charge in [-0.25, -0.2) is 0 Å². The molecule has 4 heteroatoms. The van der Waals surface area contributed by atoms with Gasteiger partial charge in [0.1, 0.15) is 0 Å². The molecule has 1 atom stereocenters. The molecule has 1 aliphatic rings. The van der Waals surface area contributed by atoms with Gasteiger partial charge in [0.15, 0.2) is 0 Å². The normalized spacial score (nSPS) is 18.4.